The summed E-state index contributed by atoms with van der Waals surface area (Å²) >= 11 is 0. The van der Waals surface area contributed by atoms with Crippen molar-refractivity contribution in [3.8, 4) is 11.5 Å². The molecule has 0 atom stereocenters. The molecule has 1 heterocycles. The van der Waals surface area contributed by atoms with Crippen molar-refractivity contribution in [2.75, 3.05) is 39.9 Å². The molecule has 168 valence electrons. The van der Waals surface area contributed by atoms with Gasteiger partial charge in [-0.2, -0.15) is 0 Å². The molecule has 32 heavy (non-hydrogen) atoms. The van der Waals surface area contributed by atoms with Gasteiger partial charge in [0.25, 0.3) is 5.91 Å². The van der Waals surface area contributed by atoms with Crippen LogP contribution in [-0.2, 0) is 9.53 Å². The first kappa shape index (κ1) is 22.9. The van der Waals surface area contributed by atoms with E-state index in [1.54, 1.807) is 60.3 Å². The highest BCUT2D eigenvalue weighted by Crippen LogP contribution is 2.16. The molecule has 1 aliphatic heterocycles. The Morgan fingerprint density at radius 1 is 0.875 bits per heavy atom. The first-order valence-electron chi connectivity index (χ1n) is 10.3. The lowest BCUT2D eigenvalue weighted by Gasteiger charge is -2.34. The molecule has 0 aromatic heterocycles. The van der Waals surface area contributed by atoms with Gasteiger partial charge < -0.3 is 24.0 Å². The van der Waals surface area contributed by atoms with Crippen LogP contribution in [0.5, 0.6) is 11.5 Å². The van der Waals surface area contributed by atoms with E-state index in [0.717, 1.165) is 11.3 Å². The summed E-state index contributed by atoms with van der Waals surface area (Å²) in [7, 11) is 1.61. The fourth-order valence-corrected chi connectivity index (χ4v) is 3.21. The minimum absolute atomic E-state index is 0.0895. The summed E-state index contributed by atoms with van der Waals surface area (Å²) in [5.41, 5.74) is 1.39. The Bertz CT molecular complexity index is 961. The number of amides is 2. The highest BCUT2D eigenvalue weighted by Gasteiger charge is 2.24. The molecule has 2 aromatic rings. The van der Waals surface area contributed by atoms with Gasteiger partial charge in [-0.05, 0) is 55.0 Å². The fourth-order valence-electron chi connectivity index (χ4n) is 3.21. The molecule has 1 saturated heterocycles. The van der Waals surface area contributed by atoms with Gasteiger partial charge in [-0.25, -0.2) is 4.79 Å². The Morgan fingerprint density at radius 3 is 2.06 bits per heavy atom. The standard InChI is InChI=1S/C24H26N2O6/c1-3-31-24(29)32-21-11-7-19(8-12-21)23(28)26-16-14-25(15-17-26)22(27)13-6-18-4-9-20(30-2)10-5-18/h4-13H,3,14-17H2,1-2H3/b13-6+. The smallest absolute Gasteiger partial charge is 0.497 e. The number of carbonyl (C=O) groups excluding carboxylic acids is 3. The van der Waals surface area contributed by atoms with Crippen LogP contribution in [0.25, 0.3) is 6.08 Å². The molecule has 1 aliphatic rings. The third-order valence-corrected chi connectivity index (χ3v) is 4.98. The van der Waals surface area contributed by atoms with Crippen molar-refractivity contribution < 1.29 is 28.6 Å². The van der Waals surface area contributed by atoms with E-state index in [4.69, 9.17) is 14.2 Å². The molecule has 0 saturated carbocycles. The second-order valence-corrected chi connectivity index (χ2v) is 7.03. The van der Waals surface area contributed by atoms with Crippen LogP contribution in [0.3, 0.4) is 0 Å². The van der Waals surface area contributed by atoms with Gasteiger partial charge in [0, 0.05) is 37.8 Å². The van der Waals surface area contributed by atoms with E-state index in [-0.39, 0.29) is 18.4 Å². The van der Waals surface area contributed by atoms with Crippen molar-refractivity contribution in [1.29, 1.82) is 0 Å². The largest absolute Gasteiger partial charge is 0.513 e. The molecular weight excluding hydrogens is 412 g/mol. The number of ether oxygens (including phenoxy) is 3. The highest BCUT2D eigenvalue weighted by atomic mass is 16.7. The van der Waals surface area contributed by atoms with Crippen LogP contribution < -0.4 is 9.47 Å². The van der Waals surface area contributed by atoms with Crippen molar-refractivity contribution in [2.45, 2.75) is 6.92 Å². The zero-order chi connectivity index (χ0) is 22.9. The number of hydrogen-bond acceptors (Lipinski definition) is 6. The number of benzene rings is 2. The lowest BCUT2D eigenvalue weighted by Crippen LogP contribution is -2.50. The number of nitrogens with zero attached hydrogens (tertiary/aromatic N) is 2. The molecule has 0 unspecified atom stereocenters. The quantitative estimate of drug-likeness (QED) is 0.391. The molecule has 0 bridgehead atoms. The molecule has 8 nitrogen and oxygen atoms in total. The monoisotopic (exact) mass is 438 g/mol. The van der Waals surface area contributed by atoms with Crippen molar-refractivity contribution in [3.05, 3.63) is 65.7 Å². The SMILES string of the molecule is CCOC(=O)Oc1ccc(C(=O)N2CCN(C(=O)/C=C/c3ccc(OC)cc3)CC2)cc1. The number of rotatable bonds is 6. The molecular formula is C24H26N2O6. The van der Waals surface area contributed by atoms with Gasteiger partial charge >= 0.3 is 6.16 Å². The van der Waals surface area contributed by atoms with Gasteiger partial charge in [0.05, 0.1) is 13.7 Å². The average molecular weight is 438 g/mol. The predicted octanol–water partition coefficient (Wildman–Crippen LogP) is 3.23. The maximum Gasteiger partial charge on any atom is 0.513 e. The van der Waals surface area contributed by atoms with Crippen LogP contribution in [0, 0.1) is 0 Å². The Kier molecular flexibility index (Phi) is 7.85. The second-order valence-electron chi connectivity index (χ2n) is 7.03. The molecule has 8 heteroatoms. The normalized spacial score (nSPS) is 13.7. The topological polar surface area (TPSA) is 85.4 Å². The zero-order valence-electron chi connectivity index (χ0n) is 18.2. The molecule has 2 amide bonds. The summed E-state index contributed by atoms with van der Waals surface area (Å²) in [6.07, 6.45) is 2.52. The summed E-state index contributed by atoms with van der Waals surface area (Å²) in [4.78, 5) is 40.0. The molecule has 3 rings (SSSR count). The summed E-state index contributed by atoms with van der Waals surface area (Å²) in [6, 6.07) is 13.7. The van der Waals surface area contributed by atoms with E-state index in [9.17, 15) is 14.4 Å². The number of carbonyl (C=O) groups is 3. The maximum atomic E-state index is 12.7. The first-order valence-corrected chi connectivity index (χ1v) is 10.3. The van der Waals surface area contributed by atoms with Crippen LogP contribution in [0.2, 0.25) is 0 Å². The van der Waals surface area contributed by atoms with Crippen LogP contribution in [0.1, 0.15) is 22.8 Å². The molecule has 2 aromatic carbocycles. The molecule has 0 aliphatic carbocycles. The third-order valence-electron chi connectivity index (χ3n) is 4.98. The van der Waals surface area contributed by atoms with E-state index in [1.807, 2.05) is 24.3 Å². The first-order chi connectivity index (χ1) is 15.5. The molecule has 0 radical (unpaired) electrons. The molecule has 0 spiro atoms. The number of piperazine rings is 1. The van der Waals surface area contributed by atoms with Crippen molar-refractivity contribution in [3.63, 3.8) is 0 Å². The van der Waals surface area contributed by atoms with E-state index < -0.39 is 6.16 Å². The maximum absolute atomic E-state index is 12.7. The number of methoxy groups -OCH3 is 1. The van der Waals surface area contributed by atoms with E-state index in [1.165, 1.54) is 0 Å². The summed E-state index contributed by atoms with van der Waals surface area (Å²) in [5.74, 6) is 0.844. The van der Waals surface area contributed by atoms with Crippen molar-refractivity contribution in [2.24, 2.45) is 0 Å². The summed E-state index contributed by atoms with van der Waals surface area (Å²) in [6.45, 7) is 3.72. The van der Waals surface area contributed by atoms with Crippen LogP contribution >= 0.6 is 0 Å². The highest BCUT2D eigenvalue weighted by molar-refractivity contribution is 5.95. The van der Waals surface area contributed by atoms with Crippen LogP contribution in [0.4, 0.5) is 4.79 Å². The second kappa shape index (κ2) is 11.0. The van der Waals surface area contributed by atoms with Crippen LogP contribution in [0.15, 0.2) is 54.6 Å². The van der Waals surface area contributed by atoms with E-state index in [2.05, 4.69) is 0 Å². The average Bonchev–Trinajstić information content (AvgIpc) is 2.83. The Morgan fingerprint density at radius 2 is 1.47 bits per heavy atom. The Balaban J connectivity index is 1.50. The zero-order valence-corrected chi connectivity index (χ0v) is 18.2. The lowest BCUT2D eigenvalue weighted by molar-refractivity contribution is -0.127. The van der Waals surface area contributed by atoms with Gasteiger partial charge in [-0.15, -0.1) is 0 Å². The molecule has 1 fully saturated rings. The van der Waals surface area contributed by atoms with Gasteiger partial charge in [-0.1, -0.05) is 12.1 Å². The summed E-state index contributed by atoms with van der Waals surface area (Å²) < 4.78 is 14.8. The van der Waals surface area contributed by atoms with Gasteiger partial charge in [0.2, 0.25) is 5.91 Å². The van der Waals surface area contributed by atoms with Gasteiger partial charge in [0.1, 0.15) is 11.5 Å². The minimum atomic E-state index is -0.784. The van der Waals surface area contributed by atoms with E-state index in [0.29, 0.717) is 37.5 Å². The Hall–Kier alpha value is -3.81. The predicted molar refractivity (Wildman–Crippen MR) is 119 cm³/mol. The Labute approximate surface area is 187 Å². The minimum Gasteiger partial charge on any atom is -0.497 e. The lowest BCUT2D eigenvalue weighted by atomic mass is 10.1. The van der Waals surface area contributed by atoms with Gasteiger partial charge in [-0.3, -0.25) is 9.59 Å². The number of hydrogen-bond donors (Lipinski definition) is 0. The fraction of sp³-hybridized carbons (Fsp3) is 0.292. The van der Waals surface area contributed by atoms with Crippen molar-refractivity contribution >= 4 is 24.0 Å². The third kappa shape index (κ3) is 6.10. The molecule has 0 N–H and O–H groups in total. The van der Waals surface area contributed by atoms with Crippen LogP contribution in [-0.4, -0.2) is 67.7 Å². The van der Waals surface area contributed by atoms with E-state index >= 15 is 0 Å². The van der Waals surface area contributed by atoms with Crippen molar-refractivity contribution in [1.82, 2.24) is 9.80 Å². The van der Waals surface area contributed by atoms with Gasteiger partial charge in [0.15, 0.2) is 0 Å². The summed E-state index contributed by atoms with van der Waals surface area (Å²) in [5, 5.41) is 0.